The minimum Gasteiger partial charge on any atom is -0.436 e. The Bertz CT molecular complexity index is 968. The van der Waals surface area contributed by atoms with Crippen molar-refractivity contribution in [2.45, 2.75) is 32.1 Å². The molecular formula is C20H21N5O2. The quantitative estimate of drug-likeness (QED) is 0.768. The van der Waals surface area contributed by atoms with Gasteiger partial charge in [0.2, 0.25) is 11.8 Å². The molecule has 0 saturated heterocycles. The predicted octanol–water partition coefficient (Wildman–Crippen LogP) is 3.37. The smallest absolute Gasteiger partial charge is 0.241 e. The number of aromatic nitrogens is 4. The van der Waals surface area contributed by atoms with Crippen LogP contribution in [0.3, 0.4) is 0 Å². The van der Waals surface area contributed by atoms with Crippen molar-refractivity contribution in [1.29, 1.82) is 0 Å². The molecule has 0 radical (unpaired) electrons. The van der Waals surface area contributed by atoms with Crippen LogP contribution in [0.4, 0.5) is 5.69 Å². The zero-order valence-electron chi connectivity index (χ0n) is 15.3. The molecule has 4 rings (SSSR count). The van der Waals surface area contributed by atoms with Crippen molar-refractivity contribution in [2.24, 2.45) is 7.05 Å². The van der Waals surface area contributed by atoms with Crippen molar-refractivity contribution in [3.8, 4) is 11.6 Å². The normalized spacial score (nSPS) is 15.9. The van der Waals surface area contributed by atoms with E-state index in [9.17, 15) is 4.79 Å². The van der Waals surface area contributed by atoms with Crippen molar-refractivity contribution in [2.75, 3.05) is 5.32 Å². The number of ether oxygens (including phenoxy) is 1. The van der Waals surface area contributed by atoms with Crippen LogP contribution in [0.15, 0.2) is 42.9 Å². The lowest BCUT2D eigenvalue weighted by Gasteiger charge is -2.23. The van der Waals surface area contributed by atoms with Gasteiger partial charge in [-0.05, 0) is 49.9 Å². The first-order valence-electron chi connectivity index (χ1n) is 8.99. The zero-order valence-corrected chi connectivity index (χ0v) is 15.3. The Labute approximate surface area is 157 Å². The molecule has 0 aliphatic heterocycles. The van der Waals surface area contributed by atoms with Gasteiger partial charge in [-0.3, -0.25) is 14.8 Å². The number of rotatable bonds is 4. The Morgan fingerprint density at radius 2 is 2.15 bits per heavy atom. The van der Waals surface area contributed by atoms with Gasteiger partial charge in [0.15, 0.2) is 0 Å². The van der Waals surface area contributed by atoms with Crippen molar-refractivity contribution in [3.05, 3.63) is 59.8 Å². The van der Waals surface area contributed by atoms with Crippen molar-refractivity contribution >= 4 is 11.6 Å². The van der Waals surface area contributed by atoms with Crippen molar-refractivity contribution < 1.29 is 9.53 Å². The summed E-state index contributed by atoms with van der Waals surface area (Å²) >= 11 is 0. The number of nitrogens with one attached hydrogen (secondary N) is 1. The van der Waals surface area contributed by atoms with Crippen LogP contribution < -0.4 is 10.1 Å². The fraction of sp³-hybridized carbons (Fsp3) is 0.300. The molecule has 7 nitrogen and oxygen atoms in total. The number of amides is 1. The van der Waals surface area contributed by atoms with Crippen LogP contribution in [-0.4, -0.2) is 25.7 Å². The number of hydrogen-bond acceptors (Lipinski definition) is 5. The fourth-order valence-electron chi connectivity index (χ4n) is 3.51. The molecule has 1 aliphatic rings. The second-order valence-corrected chi connectivity index (χ2v) is 6.65. The summed E-state index contributed by atoms with van der Waals surface area (Å²) in [7, 11) is 1.79. The Balaban J connectivity index is 1.61. The average Bonchev–Trinajstić information content (AvgIpc) is 2.95. The maximum Gasteiger partial charge on any atom is 0.241 e. The highest BCUT2D eigenvalue weighted by atomic mass is 16.5. The summed E-state index contributed by atoms with van der Waals surface area (Å²) in [6.07, 6.45) is 7.76. The van der Waals surface area contributed by atoms with E-state index in [2.05, 4.69) is 20.4 Å². The van der Waals surface area contributed by atoms with E-state index >= 15 is 0 Å². The molecule has 7 heteroatoms. The average molecular weight is 363 g/mol. The zero-order chi connectivity index (χ0) is 18.8. The molecule has 0 spiro atoms. The number of anilines is 1. The molecule has 0 bridgehead atoms. The second-order valence-electron chi connectivity index (χ2n) is 6.65. The first kappa shape index (κ1) is 17.2. The maximum atomic E-state index is 13.1. The Kier molecular flexibility index (Phi) is 4.58. The molecule has 3 heterocycles. The van der Waals surface area contributed by atoms with E-state index in [1.54, 1.807) is 36.4 Å². The molecule has 1 atom stereocenters. The number of aryl methyl sites for hydroxylation is 3. The minimum atomic E-state index is -0.215. The first-order chi connectivity index (χ1) is 13.1. The number of carbonyl (C=O) groups excluding carboxylic acids is 1. The summed E-state index contributed by atoms with van der Waals surface area (Å²) in [5, 5.41) is 7.43. The molecular weight excluding hydrogens is 342 g/mol. The Hall–Kier alpha value is -3.22. The molecule has 0 aromatic carbocycles. The number of carbonyl (C=O) groups is 1. The van der Waals surface area contributed by atoms with Gasteiger partial charge in [0.1, 0.15) is 11.4 Å². The standard InChI is InChI=1S/C20H21N5O2/c1-13-18(20(25(2)24-13)27-14-6-4-10-21-12-14)23-19(26)16-7-3-9-17-15(16)8-5-11-22-17/h4-6,8,10-12,16H,3,7,9H2,1-2H3,(H,23,26). The van der Waals surface area contributed by atoms with E-state index < -0.39 is 0 Å². The monoisotopic (exact) mass is 363 g/mol. The van der Waals surface area contributed by atoms with Gasteiger partial charge in [-0.2, -0.15) is 5.10 Å². The highest BCUT2D eigenvalue weighted by Gasteiger charge is 2.29. The van der Waals surface area contributed by atoms with Crippen molar-refractivity contribution in [3.63, 3.8) is 0 Å². The van der Waals surface area contributed by atoms with Crippen LogP contribution in [-0.2, 0) is 18.3 Å². The molecule has 1 aliphatic carbocycles. The lowest BCUT2D eigenvalue weighted by molar-refractivity contribution is -0.117. The van der Waals surface area contributed by atoms with Gasteiger partial charge >= 0.3 is 0 Å². The lowest BCUT2D eigenvalue weighted by Crippen LogP contribution is -2.25. The number of fused-ring (bicyclic) bond motifs is 1. The SMILES string of the molecule is Cc1nn(C)c(Oc2cccnc2)c1NC(=O)C1CCCc2ncccc21. The topological polar surface area (TPSA) is 81.9 Å². The molecule has 1 unspecified atom stereocenters. The third kappa shape index (κ3) is 3.40. The highest BCUT2D eigenvalue weighted by Crippen LogP contribution is 2.35. The van der Waals surface area contributed by atoms with Gasteiger partial charge in [-0.15, -0.1) is 0 Å². The molecule has 1 N–H and O–H groups in total. The van der Waals surface area contributed by atoms with Gasteiger partial charge < -0.3 is 10.1 Å². The van der Waals surface area contributed by atoms with E-state index in [1.807, 2.05) is 25.1 Å². The van der Waals surface area contributed by atoms with Gasteiger partial charge in [-0.1, -0.05) is 6.07 Å². The third-order valence-electron chi connectivity index (χ3n) is 4.79. The largest absolute Gasteiger partial charge is 0.436 e. The molecule has 27 heavy (non-hydrogen) atoms. The third-order valence-corrected chi connectivity index (χ3v) is 4.79. The summed E-state index contributed by atoms with van der Waals surface area (Å²) < 4.78 is 7.55. The second kappa shape index (κ2) is 7.19. The molecule has 0 fully saturated rings. The molecule has 0 saturated carbocycles. The number of nitrogens with zero attached hydrogens (tertiary/aromatic N) is 4. The number of pyridine rings is 2. The van der Waals surface area contributed by atoms with Crippen LogP contribution >= 0.6 is 0 Å². The number of hydrogen-bond donors (Lipinski definition) is 1. The van der Waals surface area contributed by atoms with Crippen LogP contribution in [0.5, 0.6) is 11.6 Å². The van der Waals surface area contributed by atoms with Crippen molar-refractivity contribution in [1.82, 2.24) is 19.7 Å². The summed E-state index contributed by atoms with van der Waals surface area (Å²) in [5.74, 6) is 0.795. The van der Waals surface area contributed by atoms with Gasteiger partial charge in [0.05, 0.1) is 17.8 Å². The van der Waals surface area contributed by atoms with Crippen LogP contribution in [0.25, 0.3) is 0 Å². The molecule has 1 amide bonds. The Morgan fingerprint density at radius 3 is 2.96 bits per heavy atom. The van der Waals surface area contributed by atoms with E-state index in [4.69, 9.17) is 4.74 Å². The summed E-state index contributed by atoms with van der Waals surface area (Å²) in [5.41, 5.74) is 3.31. The van der Waals surface area contributed by atoms with Gasteiger partial charge in [-0.25, -0.2) is 4.68 Å². The summed E-state index contributed by atoms with van der Waals surface area (Å²) in [6, 6.07) is 7.48. The van der Waals surface area contributed by atoms with Crippen LogP contribution in [0.2, 0.25) is 0 Å². The van der Waals surface area contributed by atoms with Gasteiger partial charge in [0, 0.05) is 25.1 Å². The van der Waals surface area contributed by atoms with E-state index in [0.717, 1.165) is 30.5 Å². The van der Waals surface area contributed by atoms with Crippen LogP contribution in [0, 0.1) is 6.92 Å². The maximum absolute atomic E-state index is 13.1. The molecule has 3 aromatic heterocycles. The lowest BCUT2D eigenvalue weighted by atomic mass is 9.85. The molecule has 3 aromatic rings. The summed E-state index contributed by atoms with van der Waals surface area (Å²) in [4.78, 5) is 21.5. The summed E-state index contributed by atoms with van der Waals surface area (Å²) in [6.45, 7) is 1.85. The predicted molar refractivity (Wildman–Crippen MR) is 101 cm³/mol. The molecule has 138 valence electrons. The van der Waals surface area contributed by atoms with Crippen LogP contribution in [0.1, 0.15) is 35.7 Å². The van der Waals surface area contributed by atoms with Gasteiger partial charge in [0.25, 0.3) is 0 Å². The van der Waals surface area contributed by atoms with E-state index in [-0.39, 0.29) is 11.8 Å². The Morgan fingerprint density at radius 1 is 1.30 bits per heavy atom. The highest BCUT2D eigenvalue weighted by molar-refractivity contribution is 5.97. The first-order valence-corrected chi connectivity index (χ1v) is 8.99. The minimum absolute atomic E-state index is 0.0592. The van der Waals surface area contributed by atoms with E-state index in [1.165, 1.54) is 0 Å². The van der Waals surface area contributed by atoms with E-state index in [0.29, 0.717) is 23.0 Å². The fourth-order valence-corrected chi connectivity index (χ4v) is 3.51.